The molecule has 1 heterocycles. The molecule has 0 aromatic heterocycles. The lowest BCUT2D eigenvalue weighted by molar-refractivity contribution is -0.118. The van der Waals surface area contributed by atoms with Crippen LogP contribution in [-0.4, -0.2) is 5.91 Å². The molecule has 0 atom stereocenters. The van der Waals surface area contributed by atoms with Crippen LogP contribution in [0, 0.1) is 0 Å². The highest BCUT2D eigenvalue weighted by molar-refractivity contribution is 6.49. The number of hydrogen-bond acceptors (Lipinski definition) is 1. The standard InChI is InChI=1S/C11H10ClNO/c12-11(8-4-2-1-3-5-8)9-6-7-10(14)13-9/h1-5H,6-7H2,(H,13,14)/b11-9-. The predicted molar refractivity (Wildman–Crippen MR) is 56.6 cm³/mol. The first kappa shape index (κ1) is 9.28. The molecule has 1 amide bonds. The van der Waals surface area contributed by atoms with Crippen molar-refractivity contribution < 1.29 is 4.79 Å². The summed E-state index contributed by atoms with van der Waals surface area (Å²) in [6, 6.07) is 9.65. The van der Waals surface area contributed by atoms with Crippen molar-refractivity contribution in [3.8, 4) is 0 Å². The van der Waals surface area contributed by atoms with Gasteiger partial charge in [-0.15, -0.1) is 0 Å². The maximum absolute atomic E-state index is 11.0. The van der Waals surface area contributed by atoms with Crippen molar-refractivity contribution >= 4 is 22.5 Å². The number of nitrogens with one attached hydrogen (secondary N) is 1. The topological polar surface area (TPSA) is 29.1 Å². The molecule has 2 nitrogen and oxygen atoms in total. The fraction of sp³-hybridized carbons (Fsp3) is 0.182. The smallest absolute Gasteiger partial charge is 0.224 e. The fourth-order valence-corrected chi connectivity index (χ4v) is 1.72. The van der Waals surface area contributed by atoms with E-state index in [2.05, 4.69) is 5.32 Å². The molecule has 3 heteroatoms. The number of amides is 1. The second kappa shape index (κ2) is 3.84. The van der Waals surface area contributed by atoms with Crippen LogP contribution in [0.25, 0.3) is 5.03 Å². The number of carbonyl (C=O) groups excluding carboxylic acids is 1. The fourth-order valence-electron chi connectivity index (χ4n) is 1.46. The van der Waals surface area contributed by atoms with E-state index in [0.717, 1.165) is 11.3 Å². The van der Waals surface area contributed by atoms with Crippen LogP contribution in [0.1, 0.15) is 18.4 Å². The second-order valence-electron chi connectivity index (χ2n) is 3.21. The number of halogens is 1. The van der Waals surface area contributed by atoms with Gasteiger partial charge in [0.15, 0.2) is 0 Å². The molecule has 0 bridgehead atoms. The maximum Gasteiger partial charge on any atom is 0.224 e. The Labute approximate surface area is 87.6 Å². The van der Waals surface area contributed by atoms with E-state index in [-0.39, 0.29) is 5.91 Å². The summed E-state index contributed by atoms with van der Waals surface area (Å²) < 4.78 is 0. The van der Waals surface area contributed by atoms with Gasteiger partial charge in [-0.3, -0.25) is 4.79 Å². The van der Waals surface area contributed by atoms with Crippen molar-refractivity contribution in [3.05, 3.63) is 41.6 Å². The third kappa shape index (κ3) is 1.80. The van der Waals surface area contributed by atoms with Crippen LogP contribution in [0.3, 0.4) is 0 Å². The first-order chi connectivity index (χ1) is 6.77. The molecule has 1 fully saturated rings. The lowest BCUT2D eigenvalue weighted by Gasteiger charge is -2.03. The highest BCUT2D eigenvalue weighted by atomic mass is 35.5. The van der Waals surface area contributed by atoms with Crippen molar-refractivity contribution in [1.82, 2.24) is 5.32 Å². The van der Waals surface area contributed by atoms with Crippen LogP contribution in [-0.2, 0) is 4.79 Å². The van der Waals surface area contributed by atoms with E-state index in [1.807, 2.05) is 30.3 Å². The van der Waals surface area contributed by atoms with E-state index in [0.29, 0.717) is 17.9 Å². The van der Waals surface area contributed by atoms with Crippen molar-refractivity contribution in [2.24, 2.45) is 0 Å². The Hall–Kier alpha value is -1.28. The average Bonchev–Trinajstić information content (AvgIpc) is 2.65. The van der Waals surface area contributed by atoms with Gasteiger partial charge in [0.05, 0.1) is 5.03 Å². The second-order valence-corrected chi connectivity index (χ2v) is 3.58. The summed E-state index contributed by atoms with van der Waals surface area (Å²) in [5.74, 6) is 0.0501. The molecule has 1 aromatic rings. The van der Waals surface area contributed by atoms with Crippen LogP contribution in [0.5, 0.6) is 0 Å². The van der Waals surface area contributed by atoms with Gasteiger partial charge >= 0.3 is 0 Å². The van der Waals surface area contributed by atoms with E-state index in [1.54, 1.807) is 0 Å². The molecule has 0 unspecified atom stereocenters. The lowest BCUT2D eigenvalue weighted by Crippen LogP contribution is -2.12. The molecular weight excluding hydrogens is 198 g/mol. The van der Waals surface area contributed by atoms with Crippen LogP contribution in [0.4, 0.5) is 0 Å². The average molecular weight is 208 g/mol. The Morgan fingerprint density at radius 3 is 2.50 bits per heavy atom. The first-order valence-corrected chi connectivity index (χ1v) is 4.89. The van der Waals surface area contributed by atoms with Gasteiger partial charge in [0.1, 0.15) is 0 Å². The molecule has 1 aromatic carbocycles. The van der Waals surface area contributed by atoms with Crippen LogP contribution < -0.4 is 5.32 Å². The van der Waals surface area contributed by atoms with Gasteiger partial charge in [0, 0.05) is 12.1 Å². The Bertz CT molecular complexity index is 384. The summed E-state index contributed by atoms with van der Waals surface area (Å²) >= 11 is 6.14. The van der Waals surface area contributed by atoms with Crippen LogP contribution >= 0.6 is 11.6 Å². The first-order valence-electron chi connectivity index (χ1n) is 4.51. The van der Waals surface area contributed by atoms with Crippen molar-refractivity contribution in [2.75, 3.05) is 0 Å². The van der Waals surface area contributed by atoms with Gasteiger partial charge in [0.25, 0.3) is 0 Å². The summed E-state index contributed by atoms with van der Waals surface area (Å²) in [5, 5.41) is 3.41. The third-order valence-electron chi connectivity index (χ3n) is 2.18. The summed E-state index contributed by atoms with van der Waals surface area (Å²) in [6.07, 6.45) is 1.25. The molecule has 2 rings (SSSR count). The zero-order valence-corrected chi connectivity index (χ0v) is 8.34. The van der Waals surface area contributed by atoms with E-state index in [9.17, 15) is 4.79 Å². The summed E-state index contributed by atoms with van der Waals surface area (Å²) in [7, 11) is 0. The SMILES string of the molecule is O=C1CC/C(=C(/Cl)c2ccccc2)N1. The zero-order chi connectivity index (χ0) is 9.97. The molecule has 1 aliphatic heterocycles. The van der Waals surface area contributed by atoms with Gasteiger partial charge in [-0.05, 0) is 12.0 Å². The van der Waals surface area contributed by atoms with Crippen molar-refractivity contribution in [1.29, 1.82) is 0 Å². The molecular formula is C11H10ClNO. The molecule has 0 saturated carbocycles. The van der Waals surface area contributed by atoms with Crippen LogP contribution in [0.15, 0.2) is 36.0 Å². The quantitative estimate of drug-likeness (QED) is 0.753. The maximum atomic E-state index is 11.0. The Kier molecular flexibility index (Phi) is 2.55. The number of rotatable bonds is 1. The number of allylic oxidation sites excluding steroid dienone is 1. The minimum Gasteiger partial charge on any atom is -0.328 e. The monoisotopic (exact) mass is 207 g/mol. The molecule has 0 radical (unpaired) electrons. The van der Waals surface area contributed by atoms with Crippen molar-refractivity contribution in [3.63, 3.8) is 0 Å². The molecule has 1 aliphatic rings. The van der Waals surface area contributed by atoms with Crippen LogP contribution in [0.2, 0.25) is 0 Å². The van der Waals surface area contributed by atoms with Crippen molar-refractivity contribution in [2.45, 2.75) is 12.8 Å². The number of benzene rings is 1. The molecule has 0 aliphatic carbocycles. The Morgan fingerprint density at radius 2 is 1.93 bits per heavy atom. The summed E-state index contributed by atoms with van der Waals surface area (Å²) in [4.78, 5) is 11.0. The minimum atomic E-state index is 0.0501. The molecule has 1 saturated heterocycles. The summed E-state index contributed by atoms with van der Waals surface area (Å²) in [6.45, 7) is 0. The van der Waals surface area contributed by atoms with E-state index >= 15 is 0 Å². The Morgan fingerprint density at radius 1 is 1.21 bits per heavy atom. The predicted octanol–water partition coefficient (Wildman–Crippen LogP) is 2.50. The number of carbonyl (C=O) groups is 1. The number of hydrogen-bond donors (Lipinski definition) is 1. The van der Waals surface area contributed by atoms with Gasteiger partial charge in [-0.2, -0.15) is 0 Å². The molecule has 72 valence electrons. The largest absolute Gasteiger partial charge is 0.328 e. The van der Waals surface area contributed by atoms with Gasteiger partial charge < -0.3 is 5.32 Å². The highest BCUT2D eigenvalue weighted by Crippen LogP contribution is 2.26. The Balaban J connectivity index is 2.31. The molecule has 1 N–H and O–H groups in total. The minimum absolute atomic E-state index is 0.0501. The third-order valence-corrected chi connectivity index (χ3v) is 2.63. The van der Waals surface area contributed by atoms with Gasteiger partial charge in [-0.25, -0.2) is 0 Å². The summed E-state index contributed by atoms with van der Waals surface area (Å²) in [5.41, 5.74) is 1.79. The van der Waals surface area contributed by atoms with E-state index < -0.39 is 0 Å². The lowest BCUT2D eigenvalue weighted by atomic mass is 10.1. The molecule has 14 heavy (non-hydrogen) atoms. The highest BCUT2D eigenvalue weighted by Gasteiger charge is 2.17. The molecule has 0 spiro atoms. The van der Waals surface area contributed by atoms with E-state index in [1.165, 1.54) is 0 Å². The zero-order valence-electron chi connectivity index (χ0n) is 7.59. The van der Waals surface area contributed by atoms with E-state index in [4.69, 9.17) is 11.6 Å². The van der Waals surface area contributed by atoms with Gasteiger partial charge in [0.2, 0.25) is 5.91 Å². The normalized spacial score (nSPS) is 19.4. The van der Waals surface area contributed by atoms with Gasteiger partial charge in [-0.1, -0.05) is 41.9 Å².